The molecule has 0 radical (unpaired) electrons. The lowest BCUT2D eigenvalue weighted by molar-refractivity contribution is -0.116. The molecule has 158 valence electrons. The molecule has 8 heteroatoms. The normalized spacial score (nSPS) is 19.0. The van der Waals surface area contributed by atoms with Gasteiger partial charge >= 0.3 is 0 Å². The van der Waals surface area contributed by atoms with Crippen molar-refractivity contribution in [3.63, 3.8) is 0 Å². The zero-order chi connectivity index (χ0) is 19.5. The lowest BCUT2D eigenvalue weighted by Gasteiger charge is -2.27. The number of aliphatic hydroxyl groups is 1. The first-order valence-corrected chi connectivity index (χ1v) is 9.63. The van der Waals surface area contributed by atoms with Gasteiger partial charge in [0, 0.05) is 50.9 Å². The predicted molar refractivity (Wildman–Crippen MR) is 123 cm³/mol. The third-order valence-electron chi connectivity index (χ3n) is 4.86. The Morgan fingerprint density at radius 3 is 2.61 bits per heavy atom. The Bertz CT molecular complexity index is 616. The number of nitrogens with zero attached hydrogens (tertiary/aromatic N) is 1. The summed E-state index contributed by atoms with van der Waals surface area (Å²) in [6.45, 7) is 4.92. The van der Waals surface area contributed by atoms with Crippen LogP contribution >= 0.6 is 24.0 Å². The Labute approximate surface area is 184 Å². The molecule has 0 spiro atoms. The van der Waals surface area contributed by atoms with Gasteiger partial charge in [0.1, 0.15) is 0 Å². The van der Waals surface area contributed by atoms with Crippen LogP contribution in [0.5, 0.6) is 0 Å². The van der Waals surface area contributed by atoms with E-state index in [9.17, 15) is 9.90 Å². The van der Waals surface area contributed by atoms with Gasteiger partial charge in [-0.2, -0.15) is 0 Å². The first-order valence-electron chi connectivity index (χ1n) is 9.63. The largest absolute Gasteiger partial charge is 0.396 e. The smallest absolute Gasteiger partial charge is 0.224 e. The molecule has 1 aromatic carbocycles. The maximum atomic E-state index is 11.6. The second-order valence-corrected chi connectivity index (χ2v) is 7.05. The molecule has 0 bridgehead atoms. The van der Waals surface area contributed by atoms with Crippen LogP contribution in [0, 0.1) is 5.41 Å². The van der Waals surface area contributed by atoms with Crippen LogP contribution in [0.1, 0.15) is 38.2 Å². The number of halogens is 1. The number of guanidine groups is 1. The van der Waals surface area contributed by atoms with E-state index in [1.165, 1.54) is 0 Å². The molecule has 2 rings (SSSR count). The zero-order valence-corrected chi connectivity index (χ0v) is 19.1. The summed E-state index contributed by atoms with van der Waals surface area (Å²) in [5.74, 6) is 0.764. The Morgan fingerprint density at radius 2 is 2.04 bits per heavy atom. The molecule has 1 aliphatic rings. The molecule has 1 aromatic rings. The van der Waals surface area contributed by atoms with Crippen molar-refractivity contribution >= 4 is 41.5 Å². The maximum absolute atomic E-state index is 11.6. The van der Waals surface area contributed by atoms with Crippen LogP contribution in [0.25, 0.3) is 0 Å². The van der Waals surface area contributed by atoms with E-state index in [4.69, 9.17) is 4.74 Å². The first kappa shape index (κ1) is 24.6. The average Bonchev–Trinajstić information content (AvgIpc) is 3.12. The van der Waals surface area contributed by atoms with Gasteiger partial charge < -0.3 is 25.8 Å². The molecule has 28 heavy (non-hydrogen) atoms. The molecule has 4 N–H and O–H groups in total. The number of anilines is 1. The van der Waals surface area contributed by atoms with Crippen LogP contribution < -0.4 is 16.0 Å². The molecule has 1 atom stereocenters. The highest BCUT2D eigenvalue weighted by Crippen LogP contribution is 2.31. The van der Waals surface area contributed by atoms with Crippen LogP contribution in [0.15, 0.2) is 29.3 Å². The summed E-state index contributed by atoms with van der Waals surface area (Å²) in [4.78, 5) is 15.9. The van der Waals surface area contributed by atoms with Gasteiger partial charge in [0.05, 0.1) is 6.61 Å². The van der Waals surface area contributed by atoms with Gasteiger partial charge in [-0.1, -0.05) is 19.1 Å². The highest BCUT2D eigenvalue weighted by Gasteiger charge is 2.34. The average molecular weight is 504 g/mol. The van der Waals surface area contributed by atoms with Crippen molar-refractivity contribution in [2.45, 2.75) is 39.2 Å². The number of ether oxygens (including phenoxy) is 1. The Balaban J connectivity index is 0.00000392. The Morgan fingerprint density at radius 1 is 1.29 bits per heavy atom. The zero-order valence-electron chi connectivity index (χ0n) is 16.8. The highest BCUT2D eigenvalue weighted by molar-refractivity contribution is 14.0. The summed E-state index contributed by atoms with van der Waals surface area (Å²) in [6.07, 6.45) is 3.05. The van der Waals surface area contributed by atoms with Gasteiger partial charge in [-0.15, -0.1) is 24.0 Å². The fraction of sp³-hybridized carbons (Fsp3) is 0.600. The van der Waals surface area contributed by atoms with Crippen molar-refractivity contribution in [3.8, 4) is 0 Å². The van der Waals surface area contributed by atoms with E-state index in [0.717, 1.165) is 49.6 Å². The standard InChI is InChI=1S/C20H32N4O3.HI/c1-3-4-18(26)24-17-7-5-16(6-8-17)13-22-19(21-2)23-14-20(9-11-25)10-12-27-15-20;/h5-8,25H,3-4,9-15H2,1-2H3,(H,24,26)(H2,21,22,23);1H. The topological polar surface area (TPSA) is 95.0 Å². The summed E-state index contributed by atoms with van der Waals surface area (Å²) in [5, 5.41) is 18.9. The van der Waals surface area contributed by atoms with E-state index in [1.54, 1.807) is 7.05 Å². The second kappa shape index (κ2) is 12.9. The molecule has 0 aliphatic carbocycles. The number of carbonyl (C=O) groups excluding carboxylic acids is 1. The minimum atomic E-state index is -0.0231. The van der Waals surface area contributed by atoms with Gasteiger partial charge in [0.25, 0.3) is 0 Å². The Kier molecular flexibility index (Phi) is 11.4. The van der Waals surface area contributed by atoms with Gasteiger partial charge in [-0.25, -0.2) is 0 Å². The molecular weight excluding hydrogens is 471 g/mol. The number of hydrogen-bond acceptors (Lipinski definition) is 4. The number of rotatable bonds is 9. The first-order chi connectivity index (χ1) is 13.1. The summed E-state index contributed by atoms with van der Waals surface area (Å²) >= 11 is 0. The van der Waals surface area contributed by atoms with Gasteiger partial charge in [0.15, 0.2) is 5.96 Å². The summed E-state index contributed by atoms with van der Waals surface area (Å²) in [6, 6.07) is 7.79. The Hall–Kier alpha value is -1.39. The number of amides is 1. The number of nitrogens with one attached hydrogen (secondary N) is 3. The van der Waals surface area contributed by atoms with E-state index < -0.39 is 0 Å². The van der Waals surface area contributed by atoms with Crippen LogP contribution in [-0.2, 0) is 16.1 Å². The fourth-order valence-corrected chi connectivity index (χ4v) is 3.15. The third-order valence-corrected chi connectivity index (χ3v) is 4.86. The molecule has 0 aromatic heterocycles. The van der Waals surface area contributed by atoms with Crippen molar-refractivity contribution in [2.24, 2.45) is 10.4 Å². The van der Waals surface area contributed by atoms with Crippen LogP contribution in [0.2, 0.25) is 0 Å². The molecule has 1 aliphatic heterocycles. The second-order valence-electron chi connectivity index (χ2n) is 7.05. The molecule has 1 amide bonds. The SMILES string of the molecule is CCCC(=O)Nc1ccc(CNC(=NC)NCC2(CCO)CCOC2)cc1.I. The van der Waals surface area contributed by atoms with Crippen LogP contribution in [0.4, 0.5) is 5.69 Å². The molecule has 7 nitrogen and oxygen atoms in total. The van der Waals surface area contributed by atoms with Crippen molar-refractivity contribution in [2.75, 3.05) is 38.7 Å². The van der Waals surface area contributed by atoms with E-state index in [2.05, 4.69) is 20.9 Å². The number of aliphatic imine (C=N–C) groups is 1. The predicted octanol–water partition coefficient (Wildman–Crippen LogP) is 2.50. The number of hydrogen-bond donors (Lipinski definition) is 4. The lowest BCUT2D eigenvalue weighted by atomic mass is 9.84. The minimum Gasteiger partial charge on any atom is -0.396 e. The summed E-state index contributed by atoms with van der Waals surface area (Å²) < 4.78 is 5.52. The monoisotopic (exact) mass is 504 g/mol. The van der Waals surface area contributed by atoms with Crippen LogP contribution in [0.3, 0.4) is 0 Å². The maximum Gasteiger partial charge on any atom is 0.224 e. The number of benzene rings is 1. The number of aliphatic hydroxyl groups excluding tert-OH is 1. The summed E-state index contributed by atoms with van der Waals surface area (Å²) in [5.41, 5.74) is 1.89. The minimum absolute atomic E-state index is 0. The quantitative estimate of drug-likeness (QED) is 0.236. The van der Waals surface area contributed by atoms with Gasteiger partial charge in [-0.3, -0.25) is 9.79 Å². The summed E-state index contributed by atoms with van der Waals surface area (Å²) in [7, 11) is 1.74. The number of carbonyl (C=O) groups is 1. The third kappa shape index (κ3) is 7.92. The molecule has 1 heterocycles. The van der Waals surface area contributed by atoms with E-state index in [-0.39, 0.29) is 41.9 Å². The van der Waals surface area contributed by atoms with Crippen molar-refractivity contribution < 1.29 is 14.6 Å². The van der Waals surface area contributed by atoms with Crippen molar-refractivity contribution in [1.82, 2.24) is 10.6 Å². The van der Waals surface area contributed by atoms with E-state index >= 15 is 0 Å². The molecular formula is C20H33IN4O3. The fourth-order valence-electron chi connectivity index (χ4n) is 3.15. The molecule has 1 unspecified atom stereocenters. The van der Waals surface area contributed by atoms with Crippen molar-refractivity contribution in [1.29, 1.82) is 0 Å². The highest BCUT2D eigenvalue weighted by atomic mass is 127. The van der Waals surface area contributed by atoms with E-state index in [1.807, 2.05) is 31.2 Å². The van der Waals surface area contributed by atoms with Gasteiger partial charge in [0.2, 0.25) is 5.91 Å². The molecule has 0 saturated carbocycles. The van der Waals surface area contributed by atoms with Gasteiger partial charge in [-0.05, 0) is 37.0 Å². The van der Waals surface area contributed by atoms with E-state index in [0.29, 0.717) is 19.6 Å². The molecule has 1 saturated heterocycles. The van der Waals surface area contributed by atoms with Crippen LogP contribution in [-0.4, -0.2) is 50.4 Å². The lowest BCUT2D eigenvalue weighted by Crippen LogP contribution is -2.44. The molecule has 1 fully saturated rings. The van der Waals surface area contributed by atoms with Crippen molar-refractivity contribution in [3.05, 3.63) is 29.8 Å².